The number of nitriles is 1. The van der Waals surface area contributed by atoms with E-state index in [0.717, 1.165) is 48.4 Å². The minimum Gasteiger partial charge on any atom is -0.295 e. The SMILES string of the molecule is Cc1c(-c2cc(Sc3ncccc3F)c3c(C#N)cnn3c2)cnn1C1CCN([C@@H](C)c2ccccn2)CC1. The Morgan fingerprint density at radius 1 is 1.08 bits per heavy atom. The third-order valence-corrected chi connectivity index (χ3v) is 8.52. The Labute approximate surface area is 230 Å². The first-order chi connectivity index (χ1) is 19.0. The van der Waals surface area contributed by atoms with Crippen LogP contribution in [-0.4, -0.2) is 47.4 Å². The van der Waals surface area contributed by atoms with E-state index in [1.807, 2.05) is 36.8 Å². The minimum absolute atomic E-state index is 0.251. The fraction of sp³-hybridized carbons (Fsp3) is 0.276. The lowest BCUT2D eigenvalue weighted by Crippen LogP contribution is -2.37. The average Bonchev–Trinajstić information content (AvgIpc) is 3.57. The number of rotatable bonds is 6. The third-order valence-electron chi connectivity index (χ3n) is 7.49. The van der Waals surface area contributed by atoms with Crippen LogP contribution in [0.1, 0.15) is 48.8 Å². The van der Waals surface area contributed by atoms with E-state index in [1.54, 1.807) is 16.8 Å². The smallest absolute Gasteiger partial charge is 0.155 e. The van der Waals surface area contributed by atoms with Crippen LogP contribution in [0.5, 0.6) is 0 Å². The number of fused-ring (bicyclic) bond motifs is 1. The first-order valence-corrected chi connectivity index (χ1v) is 13.7. The van der Waals surface area contributed by atoms with Gasteiger partial charge in [0.1, 0.15) is 11.1 Å². The summed E-state index contributed by atoms with van der Waals surface area (Å²) in [5, 5.41) is 19.1. The van der Waals surface area contributed by atoms with E-state index in [9.17, 15) is 9.65 Å². The molecule has 1 fully saturated rings. The van der Waals surface area contributed by atoms with E-state index in [2.05, 4.69) is 50.6 Å². The number of nitrogens with zero attached hydrogens (tertiary/aromatic N) is 8. The molecule has 1 aliphatic heterocycles. The van der Waals surface area contributed by atoms with Crippen LogP contribution in [0.3, 0.4) is 0 Å². The van der Waals surface area contributed by atoms with Crippen LogP contribution in [-0.2, 0) is 0 Å². The molecule has 0 unspecified atom stereocenters. The largest absolute Gasteiger partial charge is 0.295 e. The van der Waals surface area contributed by atoms with Crippen LogP contribution >= 0.6 is 11.8 Å². The zero-order valence-electron chi connectivity index (χ0n) is 21.7. The van der Waals surface area contributed by atoms with Crippen molar-refractivity contribution in [3.8, 4) is 17.2 Å². The van der Waals surface area contributed by atoms with Crippen molar-refractivity contribution in [1.29, 1.82) is 5.26 Å². The van der Waals surface area contributed by atoms with Gasteiger partial charge >= 0.3 is 0 Å². The predicted molar refractivity (Wildman–Crippen MR) is 147 cm³/mol. The highest BCUT2D eigenvalue weighted by molar-refractivity contribution is 7.99. The van der Waals surface area contributed by atoms with E-state index in [1.165, 1.54) is 24.0 Å². The second-order valence-corrected chi connectivity index (χ2v) is 10.8. The third kappa shape index (κ3) is 4.80. The van der Waals surface area contributed by atoms with Crippen LogP contribution in [0.4, 0.5) is 4.39 Å². The van der Waals surface area contributed by atoms with E-state index in [-0.39, 0.29) is 11.1 Å². The molecule has 5 aromatic rings. The van der Waals surface area contributed by atoms with Crippen molar-refractivity contribution >= 4 is 17.3 Å². The van der Waals surface area contributed by atoms with Crippen LogP contribution in [0, 0.1) is 24.1 Å². The molecular formula is C29H27FN8S. The van der Waals surface area contributed by atoms with Crippen molar-refractivity contribution in [2.45, 2.75) is 48.7 Å². The summed E-state index contributed by atoms with van der Waals surface area (Å²) in [6.45, 7) is 6.26. The molecule has 0 amide bonds. The van der Waals surface area contributed by atoms with Gasteiger partial charge in [0.2, 0.25) is 0 Å². The highest BCUT2D eigenvalue weighted by Gasteiger charge is 2.27. The Kier molecular flexibility index (Phi) is 6.85. The van der Waals surface area contributed by atoms with Crippen LogP contribution < -0.4 is 0 Å². The summed E-state index contributed by atoms with van der Waals surface area (Å²) in [6, 6.07) is 13.8. The second kappa shape index (κ2) is 10.6. The van der Waals surface area contributed by atoms with E-state index < -0.39 is 5.82 Å². The summed E-state index contributed by atoms with van der Waals surface area (Å²) >= 11 is 1.19. The molecule has 0 bridgehead atoms. The van der Waals surface area contributed by atoms with Gasteiger partial charge in [-0.05, 0) is 57.0 Å². The fourth-order valence-electron chi connectivity index (χ4n) is 5.34. The first kappa shape index (κ1) is 25.2. The van der Waals surface area contributed by atoms with Crippen molar-refractivity contribution in [2.75, 3.05) is 13.1 Å². The molecule has 1 atom stereocenters. The normalized spacial score (nSPS) is 15.4. The summed E-state index contributed by atoms with van der Waals surface area (Å²) in [4.78, 5) is 11.9. The second-order valence-electron chi connectivity index (χ2n) is 9.73. The molecule has 39 heavy (non-hydrogen) atoms. The summed E-state index contributed by atoms with van der Waals surface area (Å²) in [7, 11) is 0. The first-order valence-electron chi connectivity index (χ1n) is 12.9. The van der Waals surface area contributed by atoms with Gasteiger partial charge in [-0.15, -0.1) is 0 Å². The lowest BCUT2D eigenvalue weighted by Gasteiger charge is -2.36. The summed E-state index contributed by atoms with van der Waals surface area (Å²) in [5.41, 5.74) is 5.12. The number of piperidine rings is 1. The van der Waals surface area contributed by atoms with Crippen molar-refractivity contribution in [1.82, 2.24) is 34.3 Å². The molecule has 1 saturated heterocycles. The van der Waals surface area contributed by atoms with Gasteiger partial charge in [0.05, 0.1) is 35.2 Å². The van der Waals surface area contributed by atoms with Gasteiger partial charge in [-0.25, -0.2) is 13.9 Å². The summed E-state index contributed by atoms with van der Waals surface area (Å²) < 4.78 is 18.3. The Morgan fingerprint density at radius 3 is 2.64 bits per heavy atom. The molecule has 6 rings (SSSR count). The molecule has 10 heteroatoms. The molecule has 0 aromatic carbocycles. The van der Waals surface area contributed by atoms with Crippen molar-refractivity contribution in [2.24, 2.45) is 0 Å². The average molecular weight is 539 g/mol. The molecule has 0 saturated carbocycles. The van der Waals surface area contributed by atoms with Crippen molar-refractivity contribution in [3.63, 3.8) is 0 Å². The summed E-state index contributed by atoms with van der Waals surface area (Å²) in [5.74, 6) is -0.406. The quantitative estimate of drug-likeness (QED) is 0.268. The Hall–Kier alpha value is -4.07. The number of likely N-dealkylation sites (tertiary alicyclic amines) is 1. The van der Waals surface area contributed by atoms with Crippen molar-refractivity contribution < 1.29 is 4.39 Å². The van der Waals surface area contributed by atoms with E-state index in [0.29, 0.717) is 22.0 Å². The highest BCUT2D eigenvalue weighted by Crippen LogP contribution is 2.37. The van der Waals surface area contributed by atoms with Gasteiger partial charge in [0.25, 0.3) is 0 Å². The topological polar surface area (TPSA) is 87.9 Å². The van der Waals surface area contributed by atoms with Gasteiger partial charge in [0.15, 0.2) is 5.82 Å². The van der Waals surface area contributed by atoms with Gasteiger partial charge < -0.3 is 0 Å². The molecule has 0 aliphatic carbocycles. The number of aromatic nitrogens is 6. The predicted octanol–water partition coefficient (Wildman–Crippen LogP) is 5.86. The number of hydrogen-bond donors (Lipinski definition) is 0. The lowest BCUT2D eigenvalue weighted by atomic mass is 10.0. The highest BCUT2D eigenvalue weighted by atomic mass is 32.2. The zero-order valence-corrected chi connectivity index (χ0v) is 22.5. The molecule has 0 radical (unpaired) electrons. The number of halogens is 1. The molecule has 5 aromatic heterocycles. The maximum Gasteiger partial charge on any atom is 0.155 e. The lowest BCUT2D eigenvalue weighted by molar-refractivity contribution is 0.136. The molecular weight excluding hydrogens is 511 g/mol. The van der Waals surface area contributed by atoms with Gasteiger partial charge in [0, 0.05) is 59.4 Å². The fourth-order valence-corrected chi connectivity index (χ4v) is 6.32. The van der Waals surface area contributed by atoms with Gasteiger partial charge in [-0.2, -0.15) is 15.5 Å². The van der Waals surface area contributed by atoms with Crippen LogP contribution in [0.2, 0.25) is 0 Å². The standard InChI is InChI=1S/C29H27FN8S/c1-19-24(17-35-38(19)23-8-12-36(13-9-23)20(2)26-7-3-4-10-32-26)21-14-27(39-29-25(30)6-5-11-33-29)28-22(15-31)16-34-37(28)18-21/h3-7,10-11,14,16-18,20,23H,8-9,12-13H2,1-2H3/t20-/m0/s1. The van der Waals surface area contributed by atoms with Crippen LogP contribution in [0.15, 0.2) is 77.3 Å². The zero-order chi connectivity index (χ0) is 26.9. The monoisotopic (exact) mass is 538 g/mol. The number of hydrogen-bond acceptors (Lipinski definition) is 7. The maximum atomic E-state index is 14.5. The molecule has 1 aliphatic rings. The molecule has 196 valence electrons. The van der Waals surface area contributed by atoms with Gasteiger partial charge in [-0.1, -0.05) is 17.8 Å². The summed E-state index contributed by atoms with van der Waals surface area (Å²) in [6.07, 6.45) is 10.8. The Balaban J connectivity index is 1.28. The van der Waals surface area contributed by atoms with E-state index in [4.69, 9.17) is 5.10 Å². The van der Waals surface area contributed by atoms with Gasteiger partial charge in [-0.3, -0.25) is 14.6 Å². The maximum absolute atomic E-state index is 14.5. The van der Waals surface area contributed by atoms with Crippen LogP contribution in [0.25, 0.3) is 16.6 Å². The molecule has 6 heterocycles. The Bertz CT molecular complexity index is 1660. The molecule has 0 spiro atoms. The number of pyridine rings is 3. The minimum atomic E-state index is -0.406. The van der Waals surface area contributed by atoms with E-state index >= 15 is 0 Å². The van der Waals surface area contributed by atoms with Crippen molar-refractivity contribution in [3.05, 3.63) is 90.2 Å². The Morgan fingerprint density at radius 2 is 1.90 bits per heavy atom. The molecule has 8 nitrogen and oxygen atoms in total. The molecule has 0 N–H and O–H groups in total.